The van der Waals surface area contributed by atoms with E-state index in [0.717, 1.165) is 16.9 Å². The van der Waals surface area contributed by atoms with Crippen LogP contribution >= 0.6 is 11.6 Å². The van der Waals surface area contributed by atoms with Crippen LogP contribution in [0.25, 0.3) is 0 Å². The minimum absolute atomic E-state index is 0.0780. The summed E-state index contributed by atoms with van der Waals surface area (Å²) >= 11 is 6.60. The molecule has 4 rings (SSSR count). The molecule has 2 aliphatic rings. The number of halogens is 1. The first kappa shape index (κ1) is 24.0. The van der Waals surface area contributed by atoms with Gasteiger partial charge in [0.1, 0.15) is 48.6 Å². The van der Waals surface area contributed by atoms with Crippen LogP contribution in [-0.4, -0.2) is 66.2 Å². The van der Waals surface area contributed by atoms with Gasteiger partial charge in [-0.15, -0.1) is 0 Å². The number of hydrogen-bond donors (Lipinski definition) is 3. The summed E-state index contributed by atoms with van der Waals surface area (Å²) in [6.07, 6.45) is -1.58. The largest absolute Gasteiger partial charge is 0.494 e. The molecule has 178 valence electrons. The number of aliphatic hydroxyl groups excluding tert-OH is 3. The molecule has 0 unspecified atom stereocenters. The lowest BCUT2D eigenvalue weighted by molar-refractivity contribution is -0.234. The summed E-state index contributed by atoms with van der Waals surface area (Å²) in [6.45, 7) is 3.21. The minimum Gasteiger partial charge on any atom is -0.494 e. The maximum atomic E-state index is 10.7. The van der Waals surface area contributed by atoms with E-state index in [1.54, 1.807) is 12.1 Å². The summed E-state index contributed by atoms with van der Waals surface area (Å²) < 4.78 is 23.0. The van der Waals surface area contributed by atoms with Gasteiger partial charge in [0.25, 0.3) is 0 Å². The van der Waals surface area contributed by atoms with Crippen LogP contribution in [0.3, 0.4) is 0 Å². The third kappa shape index (κ3) is 5.51. The summed E-state index contributed by atoms with van der Waals surface area (Å²) in [5.41, 5.74) is 2.40. The van der Waals surface area contributed by atoms with Crippen molar-refractivity contribution in [3.63, 3.8) is 0 Å². The molecule has 0 aliphatic carbocycles. The number of rotatable bonds is 4. The van der Waals surface area contributed by atoms with Crippen molar-refractivity contribution in [1.29, 1.82) is 0 Å². The number of aliphatic hydroxyl groups is 3. The summed E-state index contributed by atoms with van der Waals surface area (Å²) in [7, 11) is 0. The third-order valence-electron chi connectivity index (χ3n) is 5.82. The molecule has 2 heterocycles. The lowest BCUT2D eigenvalue weighted by Gasteiger charge is -2.41. The second-order valence-electron chi connectivity index (χ2n) is 8.12. The van der Waals surface area contributed by atoms with Gasteiger partial charge < -0.3 is 34.3 Å². The van der Waals surface area contributed by atoms with Gasteiger partial charge in [0.2, 0.25) is 0 Å². The zero-order valence-electron chi connectivity index (χ0n) is 18.4. The van der Waals surface area contributed by atoms with Crippen LogP contribution in [0.15, 0.2) is 48.6 Å². The standard InChI is InChI=1S/C25H29ClO7/c1-2-31-17-7-5-15(6-8-17)11-16-12-18-20(13-19(16)26)32-10-4-3-9-30-14-21-22(27)23(28)24(29)25(18)33-21/h3-8,12-13,21-25,27-29H,2,9-11,14H2,1H3/b4-3-/t21-,22-,23+,24-,25+/m1/s1. The fourth-order valence-electron chi connectivity index (χ4n) is 4.06. The Labute approximate surface area is 198 Å². The monoisotopic (exact) mass is 476 g/mol. The van der Waals surface area contributed by atoms with Gasteiger partial charge in [0.05, 0.1) is 19.8 Å². The van der Waals surface area contributed by atoms with Crippen molar-refractivity contribution in [2.24, 2.45) is 0 Å². The fourth-order valence-corrected chi connectivity index (χ4v) is 4.28. The van der Waals surface area contributed by atoms with Gasteiger partial charge in [-0.1, -0.05) is 29.8 Å². The van der Waals surface area contributed by atoms with Crippen LogP contribution in [0.4, 0.5) is 0 Å². The second-order valence-corrected chi connectivity index (χ2v) is 8.53. The van der Waals surface area contributed by atoms with E-state index in [1.165, 1.54) is 0 Å². The Hall–Kier alpha value is -2.13. The molecule has 0 aromatic heterocycles. The molecule has 7 nitrogen and oxygen atoms in total. The highest BCUT2D eigenvalue weighted by molar-refractivity contribution is 6.31. The van der Waals surface area contributed by atoms with Crippen LogP contribution in [0.2, 0.25) is 5.02 Å². The highest BCUT2D eigenvalue weighted by atomic mass is 35.5. The van der Waals surface area contributed by atoms with Crippen LogP contribution in [0.5, 0.6) is 11.5 Å². The van der Waals surface area contributed by atoms with E-state index in [-0.39, 0.29) is 13.2 Å². The number of ether oxygens (including phenoxy) is 4. The average molecular weight is 477 g/mol. The van der Waals surface area contributed by atoms with E-state index in [0.29, 0.717) is 36.0 Å². The van der Waals surface area contributed by atoms with Crippen molar-refractivity contribution in [2.45, 2.75) is 43.9 Å². The van der Waals surface area contributed by atoms with Crippen LogP contribution in [0.1, 0.15) is 29.7 Å². The molecule has 2 aromatic rings. The first-order chi connectivity index (χ1) is 16.0. The predicted octanol–water partition coefficient (Wildman–Crippen LogP) is 2.82. The Kier molecular flexibility index (Phi) is 7.90. The molecule has 0 saturated carbocycles. The number of fused-ring (bicyclic) bond motifs is 4. The molecule has 2 aliphatic heterocycles. The third-order valence-corrected chi connectivity index (χ3v) is 6.18. The van der Waals surface area contributed by atoms with Crippen molar-refractivity contribution in [1.82, 2.24) is 0 Å². The van der Waals surface area contributed by atoms with Gasteiger partial charge >= 0.3 is 0 Å². The number of benzene rings is 2. The molecule has 5 atom stereocenters. The first-order valence-electron chi connectivity index (χ1n) is 11.1. The van der Waals surface area contributed by atoms with E-state index in [1.807, 2.05) is 43.3 Å². The maximum absolute atomic E-state index is 10.7. The summed E-state index contributed by atoms with van der Waals surface area (Å²) in [4.78, 5) is 0. The zero-order valence-corrected chi connectivity index (χ0v) is 19.1. The van der Waals surface area contributed by atoms with Crippen molar-refractivity contribution in [3.05, 3.63) is 70.3 Å². The van der Waals surface area contributed by atoms with Gasteiger partial charge in [0.15, 0.2) is 0 Å². The van der Waals surface area contributed by atoms with Crippen LogP contribution in [0, 0.1) is 0 Å². The Balaban J connectivity index is 1.69. The van der Waals surface area contributed by atoms with E-state index < -0.39 is 30.5 Å². The second kappa shape index (κ2) is 10.9. The first-order valence-corrected chi connectivity index (χ1v) is 11.4. The van der Waals surface area contributed by atoms with Crippen molar-refractivity contribution >= 4 is 11.6 Å². The van der Waals surface area contributed by atoms with Gasteiger partial charge in [0, 0.05) is 10.6 Å². The van der Waals surface area contributed by atoms with Crippen molar-refractivity contribution in [2.75, 3.05) is 26.4 Å². The smallest absolute Gasteiger partial charge is 0.127 e. The Morgan fingerprint density at radius 3 is 2.52 bits per heavy atom. The molecular formula is C25H29ClO7. The highest BCUT2D eigenvalue weighted by Gasteiger charge is 2.45. The molecule has 3 N–H and O–H groups in total. The van der Waals surface area contributed by atoms with E-state index >= 15 is 0 Å². The van der Waals surface area contributed by atoms with E-state index in [4.69, 9.17) is 30.5 Å². The van der Waals surface area contributed by atoms with Gasteiger partial charge in [-0.05, 0) is 54.8 Å². The van der Waals surface area contributed by atoms with Gasteiger partial charge in [-0.25, -0.2) is 0 Å². The average Bonchev–Trinajstić information content (AvgIpc) is 2.80. The van der Waals surface area contributed by atoms with Gasteiger partial charge in [-0.3, -0.25) is 0 Å². The molecule has 33 heavy (non-hydrogen) atoms. The molecule has 1 saturated heterocycles. The normalized spacial score (nSPS) is 28.6. The molecule has 1 fully saturated rings. The van der Waals surface area contributed by atoms with Crippen LogP contribution < -0.4 is 9.47 Å². The van der Waals surface area contributed by atoms with Gasteiger partial charge in [-0.2, -0.15) is 0 Å². The summed E-state index contributed by atoms with van der Waals surface area (Å²) in [6, 6.07) is 11.3. The van der Waals surface area contributed by atoms with E-state index in [9.17, 15) is 15.3 Å². The molecule has 0 spiro atoms. The number of hydrogen-bond acceptors (Lipinski definition) is 7. The SMILES string of the molecule is CCOc1ccc(Cc2cc3c(cc2Cl)OC/C=C\COC[C@H]2O[C@@H]3[C@H](O)[C@@H](O)[C@@H]2O)cc1. The lowest BCUT2D eigenvalue weighted by Crippen LogP contribution is -2.55. The van der Waals surface area contributed by atoms with Crippen LogP contribution in [-0.2, 0) is 15.9 Å². The lowest BCUT2D eigenvalue weighted by atomic mass is 9.89. The molecule has 8 heteroatoms. The van der Waals surface area contributed by atoms with E-state index in [2.05, 4.69) is 0 Å². The molecular weight excluding hydrogens is 448 g/mol. The Morgan fingerprint density at radius 1 is 1.00 bits per heavy atom. The molecule has 2 aromatic carbocycles. The summed E-state index contributed by atoms with van der Waals surface area (Å²) in [5.74, 6) is 1.25. The van der Waals surface area contributed by atoms with Crippen molar-refractivity contribution < 1.29 is 34.3 Å². The molecule has 2 bridgehead atoms. The zero-order chi connectivity index (χ0) is 23.4. The fraction of sp³-hybridized carbons (Fsp3) is 0.440. The summed E-state index contributed by atoms with van der Waals surface area (Å²) in [5, 5.41) is 32.1. The van der Waals surface area contributed by atoms with Crippen molar-refractivity contribution in [3.8, 4) is 11.5 Å². The minimum atomic E-state index is -1.39. The Bertz CT molecular complexity index is 962. The maximum Gasteiger partial charge on any atom is 0.127 e. The Morgan fingerprint density at radius 2 is 1.76 bits per heavy atom. The predicted molar refractivity (Wildman–Crippen MR) is 123 cm³/mol. The molecule has 0 amide bonds. The molecule has 0 radical (unpaired) electrons. The highest BCUT2D eigenvalue weighted by Crippen LogP contribution is 2.40. The topological polar surface area (TPSA) is 97.6 Å². The quantitative estimate of drug-likeness (QED) is 0.584.